The van der Waals surface area contributed by atoms with Gasteiger partial charge < -0.3 is 10.2 Å². The number of carbonyl (C=O) groups excluding carboxylic acids is 3. The lowest BCUT2D eigenvalue weighted by Gasteiger charge is -2.30. The van der Waals surface area contributed by atoms with Crippen molar-refractivity contribution in [3.8, 4) is 0 Å². The van der Waals surface area contributed by atoms with Gasteiger partial charge in [-0.25, -0.2) is 12.7 Å². The number of fused-ring (bicyclic) bond motifs is 1. The van der Waals surface area contributed by atoms with Crippen LogP contribution in [-0.4, -0.2) is 54.5 Å². The van der Waals surface area contributed by atoms with E-state index in [2.05, 4.69) is 5.32 Å². The second-order valence-electron chi connectivity index (χ2n) is 9.25. The Morgan fingerprint density at radius 3 is 2.34 bits per heavy atom. The molecule has 35 heavy (non-hydrogen) atoms. The molecule has 0 fully saturated rings. The second kappa shape index (κ2) is 11.0. The lowest BCUT2D eigenvalue weighted by atomic mass is 10.1. The minimum Gasteiger partial charge on any atom is -0.354 e. The average molecular weight is 500 g/mol. The van der Waals surface area contributed by atoms with Crippen LogP contribution in [0, 0.1) is 12.8 Å². The number of hydrogen-bond donors (Lipinski definition) is 1. The number of benzene rings is 2. The fraction of sp³-hybridized carbons (Fsp3) is 0.423. The molecule has 1 atom stereocenters. The van der Waals surface area contributed by atoms with Crippen molar-refractivity contribution in [2.45, 2.75) is 58.0 Å². The number of sulfonamides is 1. The Labute approximate surface area is 207 Å². The summed E-state index contributed by atoms with van der Waals surface area (Å²) in [7, 11) is -3.92. The molecule has 0 saturated heterocycles. The van der Waals surface area contributed by atoms with Gasteiger partial charge in [0.1, 0.15) is 10.9 Å². The van der Waals surface area contributed by atoms with Crippen molar-refractivity contribution in [1.82, 2.24) is 14.5 Å². The molecule has 9 heteroatoms. The molecule has 1 heterocycles. The summed E-state index contributed by atoms with van der Waals surface area (Å²) in [5.41, 5.74) is 2.08. The summed E-state index contributed by atoms with van der Waals surface area (Å²) in [6.45, 7) is 8.28. The first kappa shape index (κ1) is 26.4. The molecular weight excluding hydrogens is 466 g/mol. The fourth-order valence-corrected chi connectivity index (χ4v) is 5.58. The molecule has 8 nitrogen and oxygen atoms in total. The first-order valence-electron chi connectivity index (χ1n) is 11.8. The molecule has 3 amide bonds. The Morgan fingerprint density at radius 2 is 1.69 bits per heavy atom. The summed E-state index contributed by atoms with van der Waals surface area (Å²) in [4.78, 5) is 40.2. The van der Waals surface area contributed by atoms with Crippen molar-refractivity contribution in [2.75, 3.05) is 13.1 Å². The van der Waals surface area contributed by atoms with E-state index in [1.807, 2.05) is 45.0 Å². The molecule has 0 aromatic heterocycles. The Bertz CT molecular complexity index is 1210. The summed E-state index contributed by atoms with van der Waals surface area (Å²) < 4.78 is 26.4. The third-order valence-electron chi connectivity index (χ3n) is 6.12. The zero-order chi connectivity index (χ0) is 25.8. The standard InChI is InChI=1S/C26H33N3O5S/c1-18(2)16-27-25(31)20(4)28(17-21-11-6-5-10-19(21)3)24(30)14-9-15-29-26(32)22-12-7-8-13-23(22)35(29,33)34/h5-8,10-13,18,20H,9,14-17H2,1-4H3,(H,27,31)/t20-/m1/s1. The SMILES string of the molecule is Cc1ccccc1CN(C(=O)CCCN1C(=O)c2ccccc2S1(=O)=O)[C@H](C)C(=O)NCC(C)C. The van der Waals surface area contributed by atoms with E-state index in [1.165, 1.54) is 17.0 Å². The van der Waals surface area contributed by atoms with Crippen LogP contribution in [0.15, 0.2) is 53.4 Å². The van der Waals surface area contributed by atoms with Gasteiger partial charge in [0.05, 0.1) is 5.56 Å². The average Bonchev–Trinajstić information content (AvgIpc) is 3.02. The predicted octanol–water partition coefficient (Wildman–Crippen LogP) is 3.11. The number of aryl methyl sites for hydroxylation is 1. The minimum absolute atomic E-state index is 0.00330. The molecule has 0 unspecified atom stereocenters. The van der Waals surface area contributed by atoms with Crippen LogP contribution in [0.25, 0.3) is 0 Å². The molecule has 188 valence electrons. The van der Waals surface area contributed by atoms with Crippen LogP contribution in [0.1, 0.15) is 55.1 Å². The van der Waals surface area contributed by atoms with Crippen molar-refractivity contribution < 1.29 is 22.8 Å². The number of hydrogen-bond acceptors (Lipinski definition) is 5. The maximum atomic E-state index is 13.3. The molecule has 0 spiro atoms. The maximum Gasteiger partial charge on any atom is 0.269 e. The first-order chi connectivity index (χ1) is 16.5. The van der Waals surface area contributed by atoms with Gasteiger partial charge in [0.25, 0.3) is 15.9 Å². The van der Waals surface area contributed by atoms with E-state index in [0.29, 0.717) is 6.54 Å². The molecule has 2 aromatic rings. The molecule has 1 aliphatic heterocycles. The largest absolute Gasteiger partial charge is 0.354 e. The summed E-state index contributed by atoms with van der Waals surface area (Å²) in [5.74, 6) is -0.822. The van der Waals surface area contributed by atoms with Crippen molar-refractivity contribution in [2.24, 2.45) is 5.92 Å². The predicted molar refractivity (Wildman–Crippen MR) is 133 cm³/mol. The van der Waals surface area contributed by atoms with Crippen LogP contribution >= 0.6 is 0 Å². The summed E-state index contributed by atoms with van der Waals surface area (Å²) in [6, 6.07) is 13.1. The number of nitrogens with one attached hydrogen (secondary N) is 1. The van der Waals surface area contributed by atoms with Crippen LogP contribution in [0.4, 0.5) is 0 Å². The van der Waals surface area contributed by atoms with Crippen LogP contribution in [0.3, 0.4) is 0 Å². The molecule has 0 saturated carbocycles. The van der Waals surface area contributed by atoms with Gasteiger partial charge in [0.2, 0.25) is 11.8 Å². The zero-order valence-corrected chi connectivity index (χ0v) is 21.5. The van der Waals surface area contributed by atoms with E-state index in [1.54, 1.807) is 19.1 Å². The van der Waals surface area contributed by atoms with Gasteiger partial charge in [-0.2, -0.15) is 0 Å². The topological polar surface area (TPSA) is 104 Å². The van der Waals surface area contributed by atoms with E-state index in [-0.39, 0.29) is 54.1 Å². The number of rotatable bonds is 10. The lowest BCUT2D eigenvalue weighted by Crippen LogP contribution is -2.48. The van der Waals surface area contributed by atoms with E-state index >= 15 is 0 Å². The smallest absolute Gasteiger partial charge is 0.269 e. The van der Waals surface area contributed by atoms with Gasteiger partial charge in [0.15, 0.2) is 0 Å². The molecule has 1 N–H and O–H groups in total. The quantitative estimate of drug-likeness (QED) is 0.541. The zero-order valence-electron chi connectivity index (χ0n) is 20.7. The van der Waals surface area contributed by atoms with Crippen LogP contribution < -0.4 is 5.32 Å². The molecule has 0 aliphatic carbocycles. The van der Waals surface area contributed by atoms with Crippen molar-refractivity contribution in [1.29, 1.82) is 0 Å². The summed E-state index contributed by atoms with van der Waals surface area (Å²) in [5, 5.41) is 2.88. The lowest BCUT2D eigenvalue weighted by molar-refractivity contribution is -0.140. The first-order valence-corrected chi connectivity index (χ1v) is 13.3. The molecule has 3 rings (SSSR count). The Balaban J connectivity index is 1.71. The van der Waals surface area contributed by atoms with Crippen LogP contribution in [0.5, 0.6) is 0 Å². The Morgan fingerprint density at radius 1 is 1.03 bits per heavy atom. The van der Waals surface area contributed by atoms with Crippen molar-refractivity contribution >= 4 is 27.7 Å². The number of nitrogens with zero attached hydrogens (tertiary/aromatic N) is 2. The van der Waals surface area contributed by atoms with Crippen molar-refractivity contribution in [3.05, 3.63) is 65.2 Å². The maximum absolute atomic E-state index is 13.3. The molecule has 2 aromatic carbocycles. The Kier molecular flexibility index (Phi) is 8.32. The van der Waals surface area contributed by atoms with Gasteiger partial charge in [-0.05, 0) is 49.4 Å². The van der Waals surface area contributed by atoms with Gasteiger partial charge in [-0.15, -0.1) is 0 Å². The third kappa shape index (κ3) is 5.90. The van der Waals surface area contributed by atoms with Gasteiger partial charge in [-0.3, -0.25) is 14.4 Å². The highest BCUT2D eigenvalue weighted by Crippen LogP contribution is 2.30. The Hall–Kier alpha value is -3.20. The molecule has 0 radical (unpaired) electrons. The van der Waals surface area contributed by atoms with E-state index in [4.69, 9.17) is 0 Å². The van der Waals surface area contributed by atoms with Crippen molar-refractivity contribution in [3.63, 3.8) is 0 Å². The van der Waals surface area contributed by atoms with E-state index in [0.717, 1.165) is 15.4 Å². The van der Waals surface area contributed by atoms with E-state index in [9.17, 15) is 22.8 Å². The van der Waals surface area contributed by atoms with Gasteiger partial charge >= 0.3 is 0 Å². The fourth-order valence-electron chi connectivity index (χ4n) is 3.98. The van der Waals surface area contributed by atoms with Gasteiger partial charge in [0, 0.05) is 26.1 Å². The highest BCUT2D eigenvalue weighted by molar-refractivity contribution is 7.90. The highest BCUT2D eigenvalue weighted by Gasteiger charge is 2.40. The van der Waals surface area contributed by atoms with Crippen LogP contribution in [0.2, 0.25) is 0 Å². The number of carbonyl (C=O) groups is 3. The number of amides is 3. The molecular formula is C26H33N3O5S. The highest BCUT2D eigenvalue weighted by atomic mass is 32.2. The summed E-state index contributed by atoms with van der Waals surface area (Å²) in [6.07, 6.45) is 0.158. The van der Waals surface area contributed by atoms with E-state index < -0.39 is 22.0 Å². The van der Waals surface area contributed by atoms with Gasteiger partial charge in [-0.1, -0.05) is 50.2 Å². The summed E-state index contributed by atoms with van der Waals surface area (Å²) >= 11 is 0. The molecule has 1 aliphatic rings. The third-order valence-corrected chi connectivity index (χ3v) is 7.96. The minimum atomic E-state index is -3.92. The molecule has 0 bridgehead atoms. The normalized spacial score (nSPS) is 15.1. The monoisotopic (exact) mass is 499 g/mol. The second-order valence-corrected chi connectivity index (χ2v) is 11.1. The van der Waals surface area contributed by atoms with Crippen LogP contribution in [-0.2, 0) is 26.2 Å².